The standard InChI is InChI=1S/C9H13FO2/c1-7(11)9(6-10)4-2-8(12)3-5-9/h2-6H2,1H3. The van der Waals surface area contributed by atoms with Crippen molar-refractivity contribution in [1.29, 1.82) is 0 Å². The summed E-state index contributed by atoms with van der Waals surface area (Å²) in [6, 6.07) is 0. The average Bonchev–Trinajstić information content (AvgIpc) is 2.06. The predicted octanol–water partition coefficient (Wildman–Crippen LogP) is 1.67. The molecule has 0 aromatic heterocycles. The van der Waals surface area contributed by atoms with Crippen molar-refractivity contribution in [3.05, 3.63) is 0 Å². The maximum absolute atomic E-state index is 12.6. The molecular formula is C9H13FO2. The molecule has 0 aliphatic heterocycles. The highest BCUT2D eigenvalue weighted by Crippen LogP contribution is 2.35. The fourth-order valence-corrected chi connectivity index (χ4v) is 1.59. The number of carbonyl (C=O) groups excluding carboxylic acids is 2. The van der Waals surface area contributed by atoms with Crippen LogP contribution in [0.25, 0.3) is 0 Å². The Bertz CT molecular complexity index is 201. The molecule has 3 heteroatoms. The number of Topliss-reactive ketones (excluding diaryl/α,β-unsaturated/α-hetero) is 2. The Hall–Kier alpha value is -0.730. The van der Waals surface area contributed by atoms with Gasteiger partial charge in [0.25, 0.3) is 0 Å². The van der Waals surface area contributed by atoms with E-state index in [0.29, 0.717) is 25.7 Å². The summed E-state index contributed by atoms with van der Waals surface area (Å²) in [5.41, 5.74) is -0.825. The molecule has 0 unspecified atom stereocenters. The average molecular weight is 172 g/mol. The van der Waals surface area contributed by atoms with E-state index in [1.165, 1.54) is 6.92 Å². The summed E-state index contributed by atoms with van der Waals surface area (Å²) in [5.74, 6) is 0.0397. The summed E-state index contributed by atoms with van der Waals surface area (Å²) in [7, 11) is 0. The van der Waals surface area contributed by atoms with Gasteiger partial charge in [-0.2, -0.15) is 0 Å². The Labute approximate surface area is 71.1 Å². The van der Waals surface area contributed by atoms with Crippen LogP contribution in [-0.4, -0.2) is 18.2 Å². The number of rotatable bonds is 2. The minimum Gasteiger partial charge on any atom is -0.300 e. The molecule has 0 atom stereocenters. The summed E-state index contributed by atoms with van der Waals surface area (Å²) < 4.78 is 12.6. The summed E-state index contributed by atoms with van der Waals surface area (Å²) in [5, 5.41) is 0. The molecule has 1 aliphatic rings. The summed E-state index contributed by atoms with van der Waals surface area (Å²) in [6.45, 7) is 0.797. The minimum atomic E-state index is -0.825. The molecule has 0 bridgehead atoms. The van der Waals surface area contributed by atoms with Crippen molar-refractivity contribution in [2.75, 3.05) is 6.67 Å². The molecule has 0 aromatic carbocycles. The van der Waals surface area contributed by atoms with Crippen LogP contribution in [0.15, 0.2) is 0 Å². The van der Waals surface area contributed by atoms with Gasteiger partial charge in [0.05, 0.1) is 5.41 Å². The lowest BCUT2D eigenvalue weighted by Gasteiger charge is -2.31. The predicted molar refractivity (Wildman–Crippen MR) is 42.6 cm³/mol. The molecular weight excluding hydrogens is 159 g/mol. The number of hydrogen-bond acceptors (Lipinski definition) is 2. The van der Waals surface area contributed by atoms with Gasteiger partial charge in [0.15, 0.2) is 0 Å². The van der Waals surface area contributed by atoms with Crippen LogP contribution in [0.2, 0.25) is 0 Å². The zero-order valence-electron chi connectivity index (χ0n) is 7.23. The van der Waals surface area contributed by atoms with Crippen molar-refractivity contribution in [1.82, 2.24) is 0 Å². The second-order valence-corrected chi connectivity index (χ2v) is 3.51. The van der Waals surface area contributed by atoms with Crippen LogP contribution in [0.3, 0.4) is 0 Å². The lowest BCUT2D eigenvalue weighted by atomic mass is 9.72. The highest BCUT2D eigenvalue weighted by Gasteiger charge is 2.38. The number of alkyl halides is 1. The van der Waals surface area contributed by atoms with E-state index >= 15 is 0 Å². The molecule has 0 amide bonds. The quantitative estimate of drug-likeness (QED) is 0.635. The van der Waals surface area contributed by atoms with E-state index < -0.39 is 12.1 Å². The van der Waals surface area contributed by atoms with E-state index in [1.807, 2.05) is 0 Å². The van der Waals surface area contributed by atoms with E-state index in [4.69, 9.17) is 0 Å². The van der Waals surface area contributed by atoms with Crippen molar-refractivity contribution in [3.8, 4) is 0 Å². The highest BCUT2D eigenvalue weighted by molar-refractivity contribution is 5.87. The molecule has 0 spiro atoms. The van der Waals surface area contributed by atoms with Gasteiger partial charge in [-0.1, -0.05) is 0 Å². The molecule has 1 fully saturated rings. The zero-order chi connectivity index (χ0) is 9.19. The lowest BCUT2D eigenvalue weighted by Crippen LogP contribution is -2.36. The van der Waals surface area contributed by atoms with Crippen LogP contribution in [0.4, 0.5) is 4.39 Å². The number of carbonyl (C=O) groups is 2. The third-order valence-corrected chi connectivity index (χ3v) is 2.77. The summed E-state index contributed by atoms with van der Waals surface area (Å²) in [4.78, 5) is 22.0. The molecule has 0 saturated heterocycles. The van der Waals surface area contributed by atoms with Crippen molar-refractivity contribution >= 4 is 11.6 Å². The van der Waals surface area contributed by atoms with Crippen molar-refractivity contribution in [2.24, 2.45) is 5.41 Å². The Morgan fingerprint density at radius 2 is 2.00 bits per heavy atom. The summed E-state index contributed by atoms with van der Waals surface area (Å²) >= 11 is 0. The number of ketones is 2. The van der Waals surface area contributed by atoms with Crippen LogP contribution in [0, 0.1) is 5.41 Å². The molecule has 1 aliphatic carbocycles. The first-order valence-corrected chi connectivity index (χ1v) is 4.19. The van der Waals surface area contributed by atoms with Crippen LogP contribution in [0.5, 0.6) is 0 Å². The Morgan fingerprint density at radius 1 is 1.50 bits per heavy atom. The van der Waals surface area contributed by atoms with Gasteiger partial charge in [0.1, 0.15) is 18.2 Å². The molecule has 12 heavy (non-hydrogen) atoms. The second-order valence-electron chi connectivity index (χ2n) is 3.51. The zero-order valence-corrected chi connectivity index (χ0v) is 7.23. The Kier molecular flexibility index (Phi) is 2.60. The van der Waals surface area contributed by atoms with E-state index in [9.17, 15) is 14.0 Å². The van der Waals surface area contributed by atoms with Crippen LogP contribution in [0.1, 0.15) is 32.6 Å². The smallest absolute Gasteiger partial charge is 0.138 e. The van der Waals surface area contributed by atoms with Gasteiger partial charge < -0.3 is 0 Å². The van der Waals surface area contributed by atoms with E-state index in [0.717, 1.165) is 0 Å². The maximum Gasteiger partial charge on any atom is 0.138 e. The second kappa shape index (κ2) is 3.33. The van der Waals surface area contributed by atoms with Gasteiger partial charge in [-0.25, -0.2) is 0 Å². The lowest BCUT2D eigenvalue weighted by molar-refractivity contribution is -0.133. The van der Waals surface area contributed by atoms with Gasteiger partial charge in [0.2, 0.25) is 0 Å². The van der Waals surface area contributed by atoms with Crippen molar-refractivity contribution in [2.45, 2.75) is 32.6 Å². The fraction of sp³-hybridized carbons (Fsp3) is 0.778. The first kappa shape index (κ1) is 9.36. The first-order chi connectivity index (χ1) is 5.60. The van der Waals surface area contributed by atoms with Gasteiger partial charge >= 0.3 is 0 Å². The van der Waals surface area contributed by atoms with Crippen LogP contribution >= 0.6 is 0 Å². The van der Waals surface area contributed by atoms with Crippen LogP contribution < -0.4 is 0 Å². The molecule has 1 saturated carbocycles. The minimum absolute atomic E-state index is 0.113. The molecule has 2 nitrogen and oxygen atoms in total. The molecule has 0 aromatic rings. The van der Waals surface area contributed by atoms with Crippen molar-refractivity contribution in [3.63, 3.8) is 0 Å². The third-order valence-electron chi connectivity index (χ3n) is 2.77. The largest absolute Gasteiger partial charge is 0.300 e. The number of halogens is 1. The van der Waals surface area contributed by atoms with E-state index in [2.05, 4.69) is 0 Å². The Balaban J connectivity index is 2.69. The molecule has 0 heterocycles. The topological polar surface area (TPSA) is 34.1 Å². The van der Waals surface area contributed by atoms with E-state index in [1.54, 1.807) is 0 Å². The summed E-state index contributed by atoms with van der Waals surface area (Å²) in [6.07, 6.45) is 1.53. The molecule has 0 radical (unpaired) electrons. The highest BCUT2D eigenvalue weighted by atomic mass is 19.1. The normalized spacial score (nSPS) is 22.3. The van der Waals surface area contributed by atoms with Crippen LogP contribution in [-0.2, 0) is 9.59 Å². The third kappa shape index (κ3) is 1.54. The molecule has 1 rings (SSSR count). The molecule has 68 valence electrons. The monoisotopic (exact) mass is 172 g/mol. The first-order valence-electron chi connectivity index (χ1n) is 4.19. The van der Waals surface area contributed by atoms with Gasteiger partial charge in [0, 0.05) is 12.8 Å². The van der Waals surface area contributed by atoms with Gasteiger partial charge in [-0.05, 0) is 19.8 Å². The van der Waals surface area contributed by atoms with Gasteiger partial charge in [-0.3, -0.25) is 14.0 Å². The Morgan fingerprint density at radius 3 is 2.33 bits per heavy atom. The van der Waals surface area contributed by atoms with E-state index in [-0.39, 0.29) is 11.6 Å². The molecule has 0 N–H and O–H groups in total. The fourth-order valence-electron chi connectivity index (χ4n) is 1.59. The van der Waals surface area contributed by atoms with Crippen molar-refractivity contribution < 1.29 is 14.0 Å². The maximum atomic E-state index is 12.6. The SMILES string of the molecule is CC(=O)C1(CF)CCC(=O)CC1. The van der Waals surface area contributed by atoms with Gasteiger partial charge in [-0.15, -0.1) is 0 Å². The number of hydrogen-bond donors (Lipinski definition) is 0.